The summed E-state index contributed by atoms with van der Waals surface area (Å²) in [6.07, 6.45) is -0.482. The lowest BCUT2D eigenvalue weighted by molar-refractivity contribution is -0.126. The smallest absolute Gasteiger partial charge is 0.315 e. The molecule has 0 aliphatic heterocycles. The fourth-order valence-corrected chi connectivity index (χ4v) is 1.33. The predicted molar refractivity (Wildman–Crippen MR) is 62.1 cm³/mol. The van der Waals surface area contributed by atoms with Gasteiger partial charge in [-0.05, 0) is 0 Å². The van der Waals surface area contributed by atoms with Crippen molar-refractivity contribution in [1.82, 2.24) is 9.97 Å². The van der Waals surface area contributed by atoms with Gasteiger partial charge in [0.15, 0.2) is 5.82 Å². The fraction of sp³-hybridized carbons (Fsp3) is 0.0833. The summed E-state index contributed by atoms with van der Waals surface area (Å²) in [6, 6.07) is 9.19. The van der Waals surface area contributed by atoms with Gasteiger partial charge in [-0.2, -0.15) is 8.78 Å². The number of nitrogens with zero attached hydrogens (tertiary/aromatic N) is 2. The molecule has 0 aliphatic carbocycles. The van der Waals surface area contributed by atoms with Crippen LogP contribution in [0.25, 0.3) is 11.4 Å². The lowest BCUT2D eigenvalue weighted by Crippen LogP contribution is -2.20. The van der Waals surface area contributed by atoms with E-state index in [0.29, 0.717) is 5.82 Å². The molecule has 4 nitrogen and oxygen atoms in total. The molecule has 0 atom stereocenters. The van der Waals surface area contributed by atoms with Crippen molar-refractivity contribution >= 4 is 11.6 Å². The summed E-state index contributed by atoms with van der Waals surface area (Å²) in [5, 5.41) is 2.01. The largest absolute Gasteiger partial charge is 0.318 e. The monoisotopic (exact) mass is 249 g/mol. The maximum atomic E-state index is 12.0. The molecule has 18 heavy (non-hydrogen) atoms. The highest BCUT2D eigenvalue weighted by Gasteiger charge is 2.15. The highest BCUT2D eigenvalue weighted by molar-refractivity contribution is 5.92. The third-order valence-electron chi connectivity index (χ3n) is 2.15. The molecular formula is C12H9F2N3O. The SMILES string of the molecule is O=C(Nc1cnc(-c2ccccc2)nc1)C(F)F. The molecule has 0 bridgehead atoms. The number of benzene rings is 1. The molecule has 0 aliphatic rings. The van der Waals surface area contributed by atoms with E-state index >= 15 is 0 Å². The second-order valence-electron chi connectivity index (χ2n) is 3.45. The van der Waals surface area contributed by atoms with Gasteiger partial charge in [0, 0.05) is 5.56 Å². The zero-order chi connectivity index (χ0) is 13.0. The van der Waals surface area contributed by atoms with Crippen LogP contribution in [0, 0.1) is 0 Å². The maximum Gasteiger partial charge on any atom is 0.315 e. The predicted octanol–water partition coefficient (Wildman–Crippen LogP) is 2.35. The fourth-order valence-electron chi connectivity index (χ4n) is 1.33. The maximum absolute atomic E-state index is 12.0. The first kappa shape index (κ1) is 12.1. The Bertz CT molecular complexity index is 529. The van der Waals surface area contributed by atoms with Crippen LogP contribution in [0.1, 0.15) is 0 Å². The van der Waals surface area contributed by atoms with Crippen LogP contribution in [0.2, 0.25) is 0 Å². The van der Waals surface area contributed by atoms with Crippen LogP contribution in [-0.2, 0) is 4.79 Å². The van der Waals surface area contributed by atoms with Crippen molar-refractivity contribution in [2.24, 2.45) is 0 Å². The molecule has 1 aromatic carbocycles. The molecule has 1 heterocycles. The van der Waals surface area contributed by atoms with E-state index in [1.165, 1.54) is 12.4 Å². The molecule has 0 saturated carbocycles. The van der Waals surface area contributed by atoms with E-state index in [1.54, 1.807) is 0 Å². The Labute approximate surface area is 102 Å². The Kier molecular flexibility index (Phi) is 3.57. The van der Waals surface area contributed by atoms with Gasteiger partial charge in [-0.3, -0.25) is 4.79 Å². The Morgan fingerprint density at radius 2 is 1.72 bits per heavy atom. The number of rotatable bonds is 3. The van der Waals surface area contributed by atoms with Crippen LogP contribution in [0.3, 0.4) is 0 Å². The van der Waals surface area contributed by atoms with Gasteiger partial charge < -0.3 is 5.32 Å². The minimum Gasteiger partial charge on any atom is -0.318 e. The van der Waals surface area contributed by atoms with Crippen LogP contribution in [0.15, 0.2) is 42.7 Å². The second kappa shape index (κ2) is 5.31. The third kappa shape index (κ3) is 2.85. The number of hydrogen-bond donors (Lipinski definition) is 1. The summed E-state index contributed by atoms with van der Waals surface area (Å²) in [5.41, 5.74) is 0.948. The van der Waals surface area contributed by atoms with Crippen molar-refractivity contribution < 1.29 is 13.6 Å². The quantitative estimate of drug-likeness (QED) is 0.908. The average Bonchev–Trinajstić information content (AvgIpc) is 2.40. The third-order valence-corrected chi connectivity index (χ3v) is 2.15. The van der Waals surface area contributed by atoms with Crippen LogP contribution in [0.4, 0.5) is 14.5 Å². The minimum atomic E-state index is -3.06. The molecule has 2 rings (SSSR count). The lowest BCUT2D eigenvalue weighted by atomic mass is 10.2. The number of amides is 1. The zero-order valence-electron chi connectivity index (χ0n) is 9.18. The number of aromatic nitrogens is 2. The Morgan fingerprint density at radius 3 is 2.28 bits per heavy atom. The average molecular weight is 249 g/mol. The molecule has 0 radical (unpaired) electrons. The number of anilines is 1. The molecule has 1 N–H and O–H groups in total. The summed E-state index contributed by atoms with van der Waals surface area (Å²) in [6.45, 7) is 0. The topological polar surface area (TPSA) is 54.9 Å². The molecule has 0 unspecified atom stereocenters. The van der Waals surface area contributed by atoms with E-state index in [2.05, 4.69) is 9.97 Å². The molecule has 92 valence electrons. The summed E-state index contributed by atoms with van der Waals surface area (Å²) in [5.74, 6) is -0.906. The van der Waals surface area contributed by atoms with E-state index in [1.807, 2.05) is 35.6 Å². The first-order valence-corrected chi connectivity index (χ1v) is 5.13. The number of carbonyl (C=O) groups excluding carboxylic acids is 1. The van der Waals surface area contributed by atoms with E-state index in [4.69, 9.17) is 0 Å². The molecule has 0 spiro atoms. The van der Waals surface area contributed by atoms with E-state index < -0.39 is 12.3 Å². The van der Waals surface area contributed by atoms with Gasteiger partial charge in [0.25, 0.3) is 5.91 Å². The molecule has 0 saturated heterocycles. The van der Waals surface area contributed by atoms with Gasteiger partial charge in [-0.1, -0.05) is 30.3 Å². The van der Waals surface area contributed by atoms with E-state index in [-0.39, 0.29) is 5.69 Å². The van der Waals surface area contributed by atoms with Crippen LogP contribution in [0.5, 0.6) is 0 Å². The molecular weight excluding hydrogens is 240 g/mol. The van der Waals surface area contributed by atoms with Gasteiger partial charge in [-0.25, -0.2) is 9.97 Å². The van der Waals surface area contributed by atoms with Crippen LogP contribution in [-0.4, -0.2) is 22.3 Å². The number of hydrogen-bond acceptors (Lipinski definition) is 3. The van der Waals surface area contributed by atoms with Crippen LogP contribution >= 0.6 is 0 Å². The Hall–Kier alpha value is -2.37. The second-order valence-corrected chi connectivity index (χ2v) is 3.45. The van der Waals surface area contributed by atoms with Gasteiger partial charge in [-0.15, -0.1) is 0 Å². The van der Waals surface area contributed by atoms with Crippen molar-refractivity contribution in [2.45, 2.75) is 6.43 Å². The van der Waals surface area contributed by atoms with Crippen molar-refractivity contribution in [1.29, 1.82) is 0 Å². The summed E-state index contributed by atoms with van der Waals surface area (Å²) >= 11 is 0. The van der Waals surface area contributed by atoms with E-state index in [0.717, 1.165) is 5.56 Å². The first-order valence-electron chi connectivity index (χ1n) is 5.13. The number of halogens is 2. The van der Waals surface area contributed by atoms with Crippen LogP contribution < -0.4 is 5.32 Å². The number of carbonyl (C=O) groups is 1. The molecule has 1 amide bonds. The lowest BCUT2D eigenvalue weighted by Gasteiger charge is -2.04. The molecule has 1 aromatic heterocycles. The molecule has 6 heteroatoms. The highest BCUT2D eigenvalue weighted by Crippen LogP contribution is 2.14. The first-order chi connectivity index (χ1) is 8.66. The van der Waals surface area contributed by atoms with Crippen molar-refractivity contribution in [3.05, 3.63) is 42.7 Å². The van der Waals surface area contributed by atoms with Gasteiger partial charge in [0.1, 0.15) is 0 Å². The van der Waals surface area contributed by atoms with Crippen molar-refractivity contribution in [2.75, 3.05) is 5.32 Å². The van der Waals surface area contributed by atoms with Crippen molar-refractivity contribution in [3.8, 4) is 11.4 Å². The summed E-state index contributed by atoms with van der Waals surface area (Å²) in [4.78, 5) is 18.7. The molecule has 0 fully saturated rings. The number of alkyl halides is 2. The van der Waals surface area contributed by atoms with Crippen molar-refractivity contribution in [3.63, 3.8) is 0 Å². The number of nitrogens with one attached hydrogen (secondary N) is 1. The Balaban J connectivity index is 2.13. The zero-order valence-corrected chi connectivity index (χ0v) is 9.18. The Morgan fingerprint density at radius 1 is 1.11 bits per heavy atom. The van der Waals surface area contributed by atoms with Gasteiger partial charge in [0.05, 0.1) is 18.1 Å². The van der Waals surface area contributed by atoms with Gasteiger partial charge >= 0.3 is 6.43 Å². The minimum absolute atomic E-state index is 0.139. The molecule has 2 aromatic rings. The summed E-state index contributed by atoms with van der Waals surface area (Å²) in [7, 11) is 0. The van der Waals surface area contributed by atoms with Gasteiger partial charge in [0.2, 0.25) is 0 Å². The summed E-state index contributed by atoms with van der Waals surface area (Å²) < 4.78 is 24.0. The van der Waals surface area contributed by atoms with E-state index in [9.17, 15) is 13.6 Å². The normalized spacial score (nSPS) is 10.4. The highest BCUT2D eigenvalue weighted by atomic mass is 19.3. The standard InChI is InChI=1S/C12H9F2N3O/c13-10(14)12(18)17-9-6-15-11(16-7-9)8-4-2-1-3-5-8/h1-7,10H,(H,17,18).